The zero-order valence-electron chi connectivity index (χ0n) is 12.6. The summed E-state index contributed by atoms with van der Waals surface area (Å²) in [5.74, 6) is -0.232. The minimum Gasteiger partial charge on any atom is -1.00 e. The molecule has 1 nitrogen and oxygen atoms in total. The number of rotatable bonds is 4. The normalized spacial score (nSPS) is 9.43. The van der Waals surface area contributed by atoms with E-state index in [0.29, 0.717) is 6.54 Å². The van der Waals surface area contributed by atoms with Crippen LogP contribution in [0.1, 0.15) is 5.56 Å². The molecule has 3 aromatic carbocycles. The monoisotopic (exact) mass is 379 g/mol. The second kappa shape index (κ2) is 9.70. The summed E-state index contributed by atoms with van der Waals surface area (Å²) in [5, 5.41) is 0. The Hall–Kier alpha value is -1.36. The first-order chi connectivity index (χ1) is 10.3. The van der Waals surface area contributed by atoms with Crippen molar-refractivity contribution in [2.75, 3.05) is 4.90 Å². The summed E-state index contributed by atoms with van der Waals surface area (Å²) >= 11 is 0. The van der Waals surface area contributed by atoms with Gasteiger partial charge in [0.05, 0.1) is 0 Å². The van der Waals surface area contributed by atoms with Gasteiger partial charge in [0, 0.05) is 23.7 Å². The van der Waals surface area contributed by atoms with Gasteiger partial charge in [-0.1, -0.05) is 36.4 Å². The molecular weight excluding hydrogens is 365 g/mol. The van der Waals surface area contributed by atoms with Crippen LogP contribution in [0.4, 0.5) is 15.8 Å². The minimum atomic E-state index is -0.232. The average molecular weight is 381 g/mol. The number of hydrogen-bond donors (Lipinski definition) is 0. The van der Waals surface area contributed by atoms with Crippen LogP contribution in [0.15, 0.2) is 78.9 Å². The molecule has 0 aliphatic carbocycles. The van der Waals surface area contributed by atoms with Gasteiger partial charge in [-0.25, -0.2) is 4.39 Å². The standard InChI is InChI=1S/C19H15FN.BrH.Mg/c20-17-9-7-8-16(14-17)15-21(18-10-3-1-4-11-18)19-12-5-2-6-13-19;;/h1-7,9-14H,15H2;1H;/q-1;;+2/p-1. The topological polar surface area (TPSA) is 3.24 Å². The Morgan fingerprint density at radius 2 is 1.35 bits per heavy atom. The van der Waals surface area contributed by atoms with Gasteiger partial charge in [-0.3, -0.25) is 0 Å². The van der Waals surface area contributed by atoms with Crippen LogP contribution in [0.3, 0.4) is 0 Å². The third-order valence-corrected chi connectivity index (χ3v) is 3.29. The molecule has 0 N–H and O–H groups in total. The molecule has 0 radical (unpaired) electrons. The Labute approximate surface area is 163 Å². The van der Waals surface area contributed by atoms with Crippen LogP contribution in [0.5, 0.6) is 0 Å². The summed E-state index contributed by atoms with van der Waals surface area (Å²) in [6.07, 6.45) is 0. The van der Waals surface area contributed by atoms with Gasteiger partial charge in [0.25, 0.3) is 0 Å². The predicted octanol–water partition coefficient (Wildman–Crippen LogP) is 1.59. The molecule has 0 aliphatic heterocycles. The molecule has 0 saturated heterocycles. The average Bonchev–Trinajstić information content (AvgIpc) is 2.54. The smallest absolute Gasteiger partial charge is 1.00 e. The van der Waals surface area contributed by atoms with Crippen LogP contribution in [-0.2, 0) is 6.54 Å². The van der Waals surface area contributed by atoms with Gasteiger partial charge in [-0.05, 0) is 24.3 Å². The molecule has 0 atom stereocenters. The Bertz CT molecular complexity index is 667. The van der Waals surface area contributed by atoms with E-state index in [0.717, 1.165) is 16.9 Å². The van der Waals surface area contributed by atoms with E-state index in [-0.39, 0.29) is 45.9 Å². The fraction of sp³-hybridized carbons (Fsp3) is 0.0526. The van der Waals surface area contributed by atoms with E-state index in [2.05, 4.69) is 11.0 Å². The Morgan fingerprint density at radius 1 is 0.826 bits per heavy atom. The molecule has 0 aromatic heterocycles. The van der Waals surface area contributed by atoms with Gasteiger partial charge >= 0.3 is 23.1 Å². The van der Waals surface area contributed by atoms with E-state index >= 15 is 0 Å². The van der Waals surface area contributed by atoms with Crippen molar-refractivity contribution in [3.8, 4) is 0 Å². The number of halogens is 2. The van der Waals surface area contributed by atoms with Crippen molar-refractivity contribution in [1.82, 2.24) is 0 Å². The summed E-state index contributed by atoms with van der Waals surface area (Å²) in [4.78, 5) is 2.14. The van der Waals surface area contributed by atoms with Gasteiger partial charge in [0.15, 0.2) is 0 Å². The second-order valence-corrected chi connectivity index (χ2v) is 4.79. The molecule has 0 aliphatic rings. The van der Waals surface area contributed by atoms with Gasteiger partial charge < -0.3 is 21.9 Å². The molecule has 0 amide bonds. The summed E-state index contributed by atoms with van der Waals surface area (Å²) in [7, 11) is 0. The first-order valence-corrected chi connectivity index (χ1v) is 6.87. The summed E-state index contributed by atoms with van der Waals surface area (Å²) in [6.45, 7) is 0.575. The Kier molecular flexibility index (Phi) is 8.30. The van der Waals surface area contributed by atoms with Gasteiger partial charge in [-0.15, -0.1) is 17.7 Å². The van der Waals surface area contributed by atoms with Crippen molar-refractivity contribution < 1.29 is 21.4 Å². The van der Waals surface area contributed by atoms with E-state index < -0.39 is 0 Å². The Morgan fingerprint density at radius 3 is 1.83 bits per heavy atom. The number of para-hydroxylation sites is 2. The fourth-order valence-corrected chi connectivity index (χ4v) is 2.29. The maximum atomic E-state index is 13.4. The maximum absolute atomic E-state index is 13.4. The van der Waals surface area contributed by atoms with E-state index in [1.165, 1.54) is 12.1 Å². The fourth-order valence-electron chi connectivity index (χ4n) is 2.29. The molecule has 0 heterocycles. The zero-order valence-corrected chi connectivity index (χ0v) is 15.6. The zero-order chi connectivity index (χ0) is 14.5. The molecular formula is C19H15BrFMgN. The summed E-state index contributed by atoms with van der Waals surface area (Å²) in [6, 6.07) is 27.8. The van der Waals surface area contributed by atoms with Gasteiger partial charge in [-0.2, -0.15) is 12.1 Å². The summed E-state index contributed by atoms with van der Waals surface area (Å²) in [5.41, 5.74) is 2.96. The predicted molar refractivity (Wildman–Crippen MR) is 89.7 cm³/mol. The summed E-state index contributed by atoms with van der Waals surface area (Å²) < 4.78 is 13.4. The number of anilines is 2. The molecule has 112 valence electrons. The molecule has 3 rings (SSSR count). The Balaban J connectivity index is 0.00000132. The van der Waals surface area contributed by atoms with Gasteiger partial charge in [0.1, 0.15) is 0 Å². The van der Waals surface area contributed by atoms with Crippen LogP contribution < -0.4 is 21.9 Å². The number of benzene rings is 3. The molecule has 0 saturated carbocycles. The molecule has 0 bridgehead atoms. The SMILES string of the molecule is Fc1cc[c-]c(CN(c2ccccc2)c2ccccc2)c1.[Br-].[Mg+2]. The van der Waals surface area contributed by atoms with Crippen molar-refractivity contribution in [2.24, 2.45) is 0 Å². The van der Waals surface area contributed by atoms with Gasteiger partial charge in [0.2, 0.25) is 0 Å². The van der Waals surface area contributed by atoms with Crippen molar-refractivity contribution in [1.29, 1.82) is 0 Å². The van der Waals surface area contributed by atoms with Crippen molar-refractivity contribution in [3.05, 3.63) is 96.3 Å². The largest absolute Gasteiger partial charge is 2.00 e. The van der Waals surface area contributed by atoms with Crippen LogP contribution in [-0.4, -0.2) is 23.1 Å². The number of nitrogens with zero attached hydrogens (tertiary/aromatic N) is 1. The van der Waals surface area contributed by atoms with Crippen LogP contribution >= 0.6 is 0 Å². The van der Waals surface area contributed by atoms with Crippen LogP contribution in [0.2, 0.25) is 0 Å². The molecule has 0 spiro atoms. The second-order valence-electron chi connectivity index (χ2n) is 4.79. The molecule has 4 heteroatoms. The van der Waals surface area contributed by atoms with Crippen molar-refractivity contribution in [3.63, 3.8) is 0 Å². The minimum absolute atomic E-state index is 0. The van der Waals surface area contributed by atoms with E-state index in [9.17, 15) is 4.39 Å². The third-order valence-electron chi connectivity index (χ3n) is 3.29. The van der Waals surface area contributed by atoms with E-state index in [4.69, 9.17) is 0 Å². The molecule has 23 heavy (non-hydrogen) atoms. The molecule has 0 fully saturated rings. The van der Waals surface area contributed by atoms with E-state index in [1.807, 2.05) is 60.7 Å². The molecule has 0 unspecified atom stereocenters. The quantitative estimate of drug-likeness (QED) is 0.491. The van der Waals surface area contributed by atoms with E-state index in [1.54, 1.807) is 6.07 Å². The molecule has 3 aromatic rings. The first-order valence-electron chi connectivity index (χ1n) is 6.87. The van der Waals surface area contributed by atoms with Crippen molar-refractivity contribution in [2.45, 2.75) is 6.54 Å². The van der Waals surface area contributed by atoms with Crippen LogP contribution in [0.25, 0.3) is 0 Å². The van der Waals surface area contributed by atoms with Crippen LogP contribution in [0, 0.1) is 11.9 Å². The third kappa shape index (κ3) is 5.34. The van der Waals surface area contributed by atoms with Crippen molar-refractivity contribution >= 4 is 34.4 Å². The maximum Gasteiger partial charge on any atom is 2.00 e. The first kappa shape index (κ1) is 19.7. The number of hydrogen-bond acceptors (Lipinski definition) is 1.